The summed E-state index contributed by atoms with van der Waals surface area (Å²) in [7, 11) is 0. The van der Waals surface area contributed by atoms with Gasteiger partial charge in [-0.2, -0.15) is 0 Å². The molecule has 0 aliphatic carbocycles. The zero-order valence-electron chi connectivity index (χ0n) is 16.3. The number of morpholine rings is 1. The third-order valence-corrected chi connectivity index (χ3v) is 4.90. The molecule has 29 heavy (non-hydrogen) atoms. The van der Waals surface area contributed by atoms with Gasteiger partial charge in [-0.05, 0) is 43.7 Å². The van der Waals surface area contributed by atoms with Gasteiger partial charge in [-0.1, -0.05) is 0 Å². The van der Waals surface area contributed by atoms with E-state index in [9.17, 15) is 8.78 Å². The molecule has 2 heterocycles. The maximum Gasteiger partial charge on any atom is 0.192 e. The van der Waals surface area contributed by atoms with Crippen LogP contribution in [0.1, 0.15) is 18.1 Å². The van der Waals surface area contributed by atoms with Crippen molar-refractivity contribution in [2.75, 3.05) is 38.2 Å². The Balaban J connectivity index is 1.58. The molecule has 0 spiro atoms. The van der Waals surface area contributed by atoms with Crippen LogP contribution in [0.3, 0.4) is 0 Å². The molecule has 2 aromatic carbocycles. The molecule has 2 aromatic rings. The SMILES string of the molecule is CCOc1cc2c(c(CNc3cc(F)cc(F)c3)c1)OC(N1CCOCC1)=CC2. The van der Waals surface area contributed by atoms with Crippen molar-refractivity contribution in [2.45, 2.75) is 19.9 Å². The van der Waals surface area contributed by atoms with Crippen molar-refractivity contribution in [2.24, 2.45) is 0 Å². The maximum absolute atomic E-state index is 13.5. The van der Waals surface area contributed by atoms with Gasteiger partial charge in [-0.25, -0.2) is 8.78 Å². The van der Waals surface area contributed by atoms with E-state index in [2.05, 4.69) is 16.3 Å². The molecule has 0 aromatic heterocycles. The van der Waals surface area contributed by atoms with E-state index in [0.717, 1.165) is 54.1 Å². The Bertz CT molecular complexity index is 891. The summed E-state index contributed by atoms with van der Waals surface area (Å²) in [5, 5.41) is 3.09. The third-order valence-electron chi connectivity index (χ3n) is 4.90. The van der Waals surface area contributed by atoms with Crippen molar-refractivity contribution in [1.82, 2.24) is 4.90 Å². The van der Waals surface area contributed by atoms with Crippen molar-refractivity contribution in [3.8, 4) is 11.5 Å². The number of rotatable bonds is 6. The maximum atomic E-state index is 13.5. The van der Waals surface area contributed by atoms with Gasteiger partial charge in [0.2, 0.25) is 0 Å². The molecule has 154 valence electrons. The Morgan fingerprint density at radius 1 is 1.07 bits per heavy atom. The first-order chi connectivity index (χ1) is 14.1. The summed E-state index contributed by atoms with van der Waals surface area (Å²) in [5.74, 6) is 1.10. The molecule has 0 saturated carbocycles. The van der Waals surface area contributed by atoms with Crippen LogP contribution in [0.2, 0.25) is 0 Å². The summed E-state index contributed by atoms with van der Waals surface area (Å²) in [6, 6.07) is 7.28. The second kappa shape index (κ2) is 8.69. The van der Waals surface area contributed by atoms with Crippen molar-refractivity contribution in [3.63, 3.8) is 0 Å². The molecular formula is C22H24F2N2O3. The zero-order chi connectivity index (χ0) is 20.2. The van der Waals surface area contributed by atoms with Gasteiger partial charge in [-0.15, -0.1) is 0 Å². The molecule has 1 saturated heterocycles. The van der Waals surface area contributed by atoms with Gasteiger partial charge in [0.15, 0.2) is 5.88 Å². The lowest BCUT2D eigenvalue weighted by Crippen LogP contribution is -2.38. The van der Waals surface area contributed by atoms with Gasteiger partial charge in [0.25, 0.3) is 0 Å². The lowest BCUT2D eigenvalue weighted by molar-refractivity contribution is 0.0338. The number of allylic oxidation sites excluding steroid dienone is 1. The highest BCUT2D eigenvalue weighted by Crippen LogP contribution is 2.36. The fourth-order valence-corrected chi connectivity index (χ4v) is 3.56. The number of halogens is 2. The Hall–Kier alpha value is -2.80. The fourth-order valence-electron chi connectivity index (χ4n) is 3.56. The Labute approximate surface area is 168 Å². The van der Waals surface area contributed by atoms with Crippen molar-refractivity contribution in [3.05, 3.63) is 65.1 Å². The summed E-state index contributed by atoms with van der Waals surface area (Å²) in [4.78, 5) is 2.17. The molecule has 4 rings (SSSR count). The first kappa shape index (κ1) is 19.5. The van der Waals surface area contributed by atoms with Crippen LogP contribution in [0.15, 0.2) is 42.3 Å². The highest BCUT2D eigenvalue weighted by Gasteiger charge is 2.23. The number of nitrogens with one attached hydrogen (secondary N) is 1. The number of fused-ring (bicyclic) bond motifs is 1. The zero-order valence-corrected chi connectivity index (χ0v) is 16.3. The van der Waals surface area contributed by atoms with Crippen molar-refractivity contribution >= 4 is 5.69 Å². The third kappa shape index (κ3) is 4.62. The number of hydrogen-bond acceptors (Lipinski definition) is 5. The van der Waals surface area contributed by atoms with E-state index in [0.29, 0.717) is 32.1 Å². The quantitative estimate of drug-likeness (QED) is 0.789. The van der Waals surface area contributed by atoms with Crippen LogP contribution in [-0.2, 0) is 17.7 Å². The minimum absolute atomic E-state index is 0.350. The number of anilines is 1. The largest absolute Gasteiger partial charge is 0.494 e. The Morgan fingerprint density at radius 3 is 2.55 bits per heavy atom. The first-order valence-electron chi connectivity index (χ1n) is 9.81. The number of nitrogens with zero attached hydrogens (tertiary/aromatic N) is 1. The van der Waals surface area contributed by atoms with E-state index in [1.54, 1.807) is 0 Å². The van der Waals surface area contributed by atoms with Gasteiger partial charge >= 0.3 is 0 Å². The molecule has 5 nitrogen and oxygen atoms in total. The molecule has 0 atom stereocenters. The predicted octanol–water partition coefficient (Wildman–Crippen LogP) is 4.08. The average molecular weight is 402 g/mol. The van der Waals surface area contributed by atoms with E-state index in [1.165, 1.54) is 12.1 Å². The van der Waals surface area contributed by atoms with Crippen LogP contribution in [0.25, 0.3) is 0 Å². The standard InChI is InChI=1S/C22H24F2N2O3/c1-2-28-20-9-15-3-4-21(26-5-7-27-8-6-26)29-22(15)16(10-20)14-25-19-12-17(23)11-18(24)13-19/h4,9-13,25H,2-3,5-8,14H2,1H3. The molecular weight excluding hydrogens is 378 g/mol. The van der Waals surface area contributed by atoms with Gasteiger partial charge in [0, 0.05) is 42.5 Å². The number of benzene rings is 2. The molecule has 7 heteroatoms. The second-order valence-electron chi connectivity index (χ2n) is 6.96. The summed E-state index contributed by atoms with van der Waals surface area (Å²) >= 11 is 0. The van der Waals surface area contributed by atoms with Crippen LogP contribution in [0, 0.1) is 11.6 Å². The van der Waals surface area contributed by atoms with Gasteiger partial charge in [-0.3, -0.25) is 0 Å². The second-order valence-corrected chi connectivity index (χ2v) is 6.96. The van der Waals surface area contributed by atoms with Crippen LogP contribution in [-0.4, -0.2) is 37.8 Å². The fraction of sp³-hybridized carbons (Fsp3) is 0.364. The lowest BCUT2D eigenvalue weighted by Gasteiger charge is -2.33. The first-order valence-corrected chi connectivity index (χ1v) is 9.81. The van der Waals surface area contributed by atoms with E-state index in [-0.39, 0.29) is 0 Å². The van der Waals surface area contributed by atoms with E-state index >= 15 is 0 Å². The Morgan fingerprint density at radius 2 is 1.83 bits per heavy atom. The Kier molecular flexibility index (Phi) is 5.85. The minimum Gasteiger partial charge on any atom is -0.494 e. The molecule has 1 fully saturated rings. The van der Waals surface area contributed by atoms with Gasteiger partial charge in [0.05, 0.1) is 19.8 Å². The number of ether oxygens (including phenoxy) is 3. The minimum atomic E-state index is -0.619. The van der Waals surface area contributed by atoms with Crippen molar-refractivity contribution < 1.29 is 23.0 Å². The summed E-state index contributed by atoms with van der Waals surface area (Å²) < 4.78 is 44.4. The average Bonchev–Trinajstić information content (AvgIpc) is 2.72. The molecule has 0 unspecified atom stereocenters. The molecule has 2 aliphatic rings. The molecule has 0 radical (unpaired) electrons. The topological polar surface area (TPSA) is 43.0 Å². The van der Waals surface area contributed by atoms with Crippen LogP contribution < -0.4 is 14.8 Å². The molecule has 0 amide bonds. The van der Waals surface area contributed by atoms with Crippen LogP contribution in [0.5, 0.6) is 11.5 Å². The smallest absolute Gasteiger partial charge is 0.192 e. The summed E-state index contributed by atoms with van der Waals surface area (Å²) in [6.45, 7) is 5.76. The highest BCUT2D eigenvalue weighted by molar-refractivity contribution is 5.53. The summed E-state index contributed by atoms with van der Waals surface area (Å²) in [5.41, 5.74) is 2.27. The molecule has 1 N–H and O–H groups in total. The van der Waals surface area contributed by atoms with Gasteiger partial charge in [0.1, 0.15) is 23.1 Å². The van der Waals surface area contributed by atoms with Crippen molar-refractivity contribution in [1.29, 1.82) is 0 Å². The van der Waals surface area contributed by atoms with Crippen LogP contribution >= 0.6 is 0 Å². The van der Waals surface area contributed by atoms with Gasteiger partial charge < -0.3 is 24.4 Å². The molecule has 2 aliphatic heterocycles. The summed E-state index contributed by atoms with van der Waals surface area (Å²) in [6.07, 6.45) is 2.80. The van der Waals surface area contributed by atoms with Crippen LogP contribution in [0.4, 0.5) is 14.5 Å². The normalized spacial score (nSPS) is 16.0. The predicted molar refractivity (Wildman–Crippen MR) is 106 cm³/mol. The number of hydrogen-bond donors (Lipinski definition) is 1. The lowest BCUT2D eigenvalue weighted by atomic mass is 10.0. The van der Waals surface area contributed by atoms with E-state index in [1.807, 2.05) is 19.1 Å². The monoisotopic (exact) mass is 402 g/mol. The van der Waals surface area contributed by atoms with E-state index < -0.39 is 11.6 Å². The van der Waals surface area contributed by atoms with E-state index in [4.69, 9.17) is 14.2 Å². The highest BCUT2D eigenvalue weighted by atomic mass is 19.1. The molecule has 0 bridgehead atoms.